The van der Waals surface area contributed by atoms with Gasteiger partial charge in [-0.1, -0.05) is 6.92 Å². The maximum atomic E-state index is 5.69. The van der Waals surface area contributed by atoms with E-state index in [1.807, 2.05) is 0 Å². The minimum absolute atomic E-state index is 0.348. The van der Waals surface area contributed by atoms with Crippen LogP contribution in [-0.4, -0.2) is 70.4 Å². The van der Waals surface area contributed by atoms with Crippen molar-refractivity contribution >= 4 is 0 Å². The molecule has 6 heteroatoms. The average Bonchev–Trinajstić information content (AvgIpc) is 2.66. The number of hydrogen-bond donors (Lipinski definition) is 1. The highest BCUT2D eigenvalue weighted by Crippen LogP contribution is 2.45. The Labute approximate surface area is 151 Å². The Kier molecular flexibility index (Phi) is 6.04. The van der Waals surface area contributed by atoms with Crippen molar-refractivity contribution < 1.29 is 14.2 Å². The molecule has 1 aromatic carbocycles. The van der Waals surface area contributed by atoms with Crippen LogP contribution in [0.5, 0.6) is 17.2 Å². The molecule has 0 spiro atoms. The van der Waals surface area contributed by atoms with E-state index in [1.165, 1.54) is 24.1 Å². The summed E-state index contributed by atoms with van der Waals surface area (Å²) < 4.78 is 16.8. The van der Waals surface area contributed by atoms with E-state index in [-0.39, 0.29) is 0 Å². The van der Waals surface area contributed by atoms with Crippen LogP contribution in [0.2, 0.25) is 0 Å². The van der Waals surface area contributed by atoms with E-state index in [9.17, 15) is 0 Å². The molecule has 0 bridgehead atoms. The van der Waals surface area contributed by atoms with Crippen molar-refractivity contribution in [2.24, 2.45) is 0 Å². The van der Waals surface area contributed by atoms with Gasteiger partial charge in [-0.3, -0.25) is 4.90 Å². The van der Waals surface area contributed by atoms with Crippen molar-refractivity contribution in [3.8, 4) is 17.2 Å². The van der Waals surface area contributed by atoms with Crippen LogP contribution >= 0.6 is 0 Å². The van der Waals surface area contributed by atoms with E-state index in [4.69, 9.17) is 14.2 Å². The van der Waals surface area contributed by atoms with Crippen molar-refractivity contribution in [3.63, 3.8) is 0 Å². The molecule has 1 aromatic rings. The number of fused-ring (bicyclic) bond motifs is 1. The molecule has 0 aliphatic carbocycles. The zero-order valence-electron chi connectivity index (χ0n) is 15.9. The van der Waals surface area contributed by atoms with E-state index in [0.717, 1.165) is 50.8 Å². The van der Waals surface area contributed by atoms with Crippen LogP contribution in [0.25, 0.3) is 0 Å². The number of nitrogens with zero attached hydrogens (tertiary/aromatic N) is 2. The van der Waals surface area contributed by atoms with Crippen LogP contribution in [0.4, 0.5) is 0 Å². The van der Waals surface area contributed by atoms with Gasteiger partial charge in [-0.15, -0.1) is 0 Å². The molecule has 1 saturated heterocycles. The predicted octanol–water partition coefficient (Wildman–Crippen LogP) is 1.88. The summed E-state index contributed by atoms with van der Waals surface area (Å²) in [5.74, 6) is 2.22. The summed E-state index contributed by atoms with van der Waals surface area (Å²) in [4.78, 5) is 5.14. The summed E-state index contributed by atoms with van der Waals surface area (Å²) in [6.45, 7) is 9.69. The molecule has 2 heterocycles. The Morgan fingerprint density at radius 3 is 2.36 bits per heavy atom. The van der Waals surface area contributed by atoms with E-state index in [1.54, 1.807) is 21.3 Å². The Morgan fingerprint density at radius 1 is 1.04 bits per heavy atom. The number of piperazine rings is 1. The maximum absolute atomic E-state index is 5.69. The van der Waals surface area contributed by atoms with Crippen molar-refractivity contribution in [2.45, 2.75) is 25.9 Å². The molecule has 1 N–H and O–H groups in total. The van der Waals surface area contributed by atoms with Crippen LogP contribution < -0.4 is 19.5 Å². The Hall–Kier alpha value is -1.50. The second-order valence-electron chi connectivity index (χ2n) is 6.74. The minimum Gasteiger partial charge on any atom is -0.493 e. The zero-order valence-corrected chi connectivity index (χ0v) is 15.9. The van der Waals surface area contributed by atoms with Crippen molar-refractivity contribution in [1.82, 2.24) is 15.1 Å². The highest BCUT2D eigenvalue weighted by molar-refractivity contribution is 5.60. The van der Waals surface area contributed by atoms with Gasteiger partial charge >= 0.3 is 0 Å². The summed E-state index contributed by atoms with van der Waals surface area (Å²) in [6, 6.07) is 2.49. The largest absolute Gasteiger partial charge is 0.493 e. The third-order valence-corrected chi connectivity index (χ3v) is 5.35. The van der Waals surface area contributed by atoms with Crippen LogP contribution in [-0.2, 0) is 6.54 Å². The van der Waals surface area contributed by atoms with Gasteiger partial charge < -0.3 is 24.4 Å². The lowest BCUT2D eigenvalue weighted by Crippen LogP contribution is -2.50. The lowest BCUT2D eigenvalue weighted by atomic mass is 9.93. The van der Waals surface area contributed by atoms with Crippen molar-refractivity contribution in [3.05, 3.63) is 17.2 Å². The molecule has 0 unspecified atom stereocenters. The van der Waals surface area contributed by atoms with E-state index in [0.29, 0.717) is 11.8 Å². The first-order valence-electron chi connectivity index (χ1n) is 9.22. The van der Waals surface area contributed by atoms with Gasteiger partial charge in [0.2, 0.25) is 5.75 Å². The molecule has 2 aliphatic rings. The second kappa shape index (κ2) is 8.25. The molecule has 0 radical (unpaired) electrons. The van der Waals surface area contributed by atoms with Crippen LogP contribution in [0, 0.1) is 0 Å². The van der Waals surface area contributed by atoms with Gasteiger partial charge in [0.25, 0.3) is 0 Å². The third-order valence-electron chi connectivity index (χ3n) is 5.35. The summed E-state index contributed by atoms with van der Waals surface area (Å²) in [6.07, 6.45) is 1.22. The SMILES string of the molecule is CCCN1CCN([C@@H]2CNCc3c2cc(OC)c(OC)c3OC)CC1. The fraction of sp³-hybridized carbons (Fsp3) is 0.684. The highest BCUT2D eigenvalue weighted by Gasteiger charge is 2.32. The monoisotopic (exact) mass is 349 g/mol. The normalized spacial score (nSPS) is 21.7. The molecule has 1 fully saturated rings. The summed E-state index contributed by atoms with van der Waals surface area (Å²) in [5, 5.41) is 3.56. The fourth-order valence-electron chi connectivity index (χ4n) is 4.10. The first kappa shape index (κ1) is 18.3. The fourth-order valence-corrected chi connectivity index (χ4v) is 4.10. The second-order valence-corrected chi connectivity index (χ2v) is 6.74. The van der Waals surface area contributed by atoms with Gasteiger partial charge in [0.1, 0.15) is 0 Å². The number of rotatable bonds is 6. The minimum atomic E-state index is 0.348. The predicted molar refractivity (Wildman–Crippen MR) is 98.8 cm³/mol. The maximum Gasteiger partial charge on any atom is 0.203 e. The Morgan fingerprint density at radius 2 is 1.76 bits per heavy atom. The number of hydrogen-bond acceptors (Lipinski definition) is 6. The molecule has 3 rings (SSSR count). The van der Waals surface area contributed by atoms with Gasteiger partial charge in [-0.05, 0) is 24.6 Å². The van der Waals surface area contributed by atoms with Crippen molar-refractivity contribution in [1.29, 1.82) is 0 Å². The first-order chi connectivity index (χ1) is 12.2. The van der Waals surface area contributed by atoms with E-state index < -0.39 is 0 Å². The van der Waals surface area contributed by atoms with Gasteiger partial charge in [0, 0.05) is 50.9 Å². The van der Waals surface area contributed by atoms with Crippen LogP contribution in [0.15, 0.2) is 6.07 Å². The van der Waals surface area contributed by atoms with Crippen LogP contribution in [0.3, 0.4) is 0 Å². The number of ether oxygens (including phenoxy) is 3. The number of benzene rings is 1. The van der Waals surface area contributed by atoms with Gasteiger partial charge in [-0.25, -0.2) is 0 Å². The lowest BCUT2D eigenvalue weighted by Gasteiger charge is -2.42. The zero-order chi connectivity index (χ0) is 17.8. The lowest BCUT2D eigenvalue weighted by molar-refractivity contribution is 0.0913. The molecular weight excluding hydrogens is 318 g/mol. The molecule has 6 nitrogen and oxygen atoms in total. The Bertz CT molecular complexity index is 586. The quantitative estimate of drug-likeness (QED) is 0.846. The number of nitrogens with one attached hydrogen (secondary N) is 1. The smallest absolute Gasteiger partial charge is 0.203 e. The topological polar surface area (TPSA) is 46.2 Å². The summed E-state index contributed by atoms with van der Waals surface area (Å²) >= 11 is 0. The Balaban J connectivity index is 1.89. The van der Waals surface area contributed by atoms with Crippen LogP contribution in [0.1, 0.15) is 30.5 Å². The molecule has 0 amide bonds. The van der Waals surface area contributed by atoms with Gasteiger partial charge in [0.05, 0.1) is 21.3 Å². The first-order valence-corrected chi connectivity index (χ1v) is 9.22. The molecule has 25 heavy (non-hydrogen) atoms. The highest BCUT2D eigenvalue weighted by atomic mass is 16.5. The van der Waals surface area contributed by atoms with E-state index in [2.05, 4.69) is 28.1 Å². The summed E-state index contributed by atoms with van der Waals surface area (Å²) in [5.41, 5.74) is 2.49. The van der Waals surface area contributed by atoms with Gasteiger partial charge in [0.15, 0.2) is 11.5 Å². The molecule has 0 aromatic heterocycles. The molecule has 140 valence electrons. The molecule has 0 saturated carbocycles. The molecular formula is C19H31N3O3. The summed E-state index contributed by atoms with van der Waals surface area (Å²) in [7, 11) is 5.04. The van der Waals surface area contributed by atoms with Gasteiger partial charge in [-0.2, -0.15) is 0 Å². The average molecular weight is 349 g/mol. The standard InChI is InChI=1S/C19H31N3O3/c1-5-6-21-7-9-22(10-8-21)16-13-20-12-15-14(16)11-17(23-2)19(25-4)18(15)24-3/h11,16,20H,5-10,12-13H2,1-4H3/t16-/m1/s1. The third kappa shape index (κ3) is 3.57. The molecule has 2 aliphatic heterocycles. The van der Waals surface area contributed by atoms with Crippen molar-refractivity contribution in [2.75, 3.05) is 60.6 Å². The molecule has 1 atom stereocenters. The van der Waals surface area contributed by atoms with E-state index >= 15 is 0 Å². The number of methoxy groups -OCH3 is 3.